The van der Waals surface area contributed by atoms with Crippen molar-refractivity contribution in [1.29, 1.82) is 0 Å². The molecule has 2 amide bonds. The molecule has 49 heavy (non-hydrogen) atoms. The van der Waals surface area contributed by atoms with Crippen LogP contribution < -0.4 is 25.4 Å². The van der Waals surface area contributed by atoms with E-state index < -0.39 is 6.04 Å². The van der Waals surface area contributed by atoms with Crippen LogP contribution in [-0.2, 0) is 16.0 Å². The summed E-state index contributed by atoms with van der Waals surface area (Å²) in [5.41, 5.74) is 12.3. The average Bonchev–Trinajstić information content (AvgIpc) is 3.47. The van der Waals surface area contributed by atoms with Crippen molar-refractivity contribution in [1.82, 2.24) is 19.6 Å². The van der Waals surface area contributed by atoms with Crippen LogP contribution in [-0.4, -0.2) is 110 Å². The fourth-order valence-electron chi connectivity index (χ4n) is 7.47. The second-order valence-electron chi connectivity index (χ2n) is 13.0. The number of amides is 2. The number of benzene rings is 2. The first-order valence-corrected chi connectivity index (χ1v) is 16.9. The highest BCUT2D eigenvalue weighted by molar-refractivity contribution is 6.05. The van der Waals surface area contributed by atoms with E-state index in [1.54, 1.807) is 27.3 Å². The van der Waals surface area contributed by atoms with Gasteiger partial charge in [-0.2, -0.15) is 0 Å². The van der Waals surface area contributed by atoms with Gasteiger partial charge in [0.15, 0.2) is 0 Å². The number of piperidine rings is 1. The van der Waals surface area contributed by atoms with E-state index in [-0.39, 0.29) is 11.8 Å². The lowest BCUT2D eigenvalue weighted by molar-refractivity contribution is -0.130. The molecule has 0 aliphatic carbocycles. The average molecular weight is 669 g/mol. The van der Waals surface area contributed by atoms with Crippen LogP contribution >= 0.6 is 0 Å². The van der Waals surface area contributed by atoms with E-state index in [2.05, 4.69) is 26.7 Å². The zero-order chi connectivity index (χ0) is 34.8. The van der Waals surface area contributed by atoms with E-state index >= 15 is 0 Å². The van der Waals surface area contributed by atoms with Crippen molar-refractivity contribution in [2.45, 2.75) is 45.2 Å². The second-order valence-corrected chi connectivity index (χ2v) is 13.0. The van der Waals surface area contributed by atoms with Crippen LogP contribution in [0, 0.1) is 0 Å². The fraction of sp³-hybridized carbons (Fsp3) is 0.432. The Bertz CT molecular complexity index is 1700. The number of nitrogens with two attached hydrogens (primary N) is 1. The number of ether oxygens (including phenoxy) is 2. The van der Waals surface area contributed by atoms with Gasteiger partial charge in [-0.1, -0.05) is 18.7 Å². The second kappa shape index (κ2) is 14.3. The molecule has 2 fully saturated rings. The molecule has 0 spiro atoms. The van der Waals surface area contributed by atoms with Crippen molar-refractivity contribution in [2.24, 2.45) is 10.7 Å². The van der Waals surface area contributed by atoms with Crippen molar-refractivity contribution >= 4 is 34.6 Å². The number of rotatable bonds is 8. The van der Waals surface area contributed by atoms with Gasteiger partial charge in [0, 0.05) is 94.9 Å². The highest BCUT2D eigenvalue weighted by Gasteiger charge is 2.35. The zero-order valence-electron chi connectivity index (χ0n) is 29.2. The SMILES string of the molecule is C=C(N1CCN(C2CCN(C(C)=O)CC2)CC1)N1C=CN=C(C)/C1=C(/N)c1ccc(NC(=O)C2Cc3c(OC)cccc3N2C)c(OC)c1. The summed E-state index contributed by atoms with van der Waals surface area (Å²) in [5, 5.41) is 3.07. The van der Waals surface area contributed by atoms with Gasteiger partial charge in [0.05, 0.1) is 37.0 Å². The number of piperazine rings is 1. The normalized spacial score (nSPS) is 20.9. The third-order valence-electron chi connectivity index (χ3n) is 10.4. The van der Waals surface area contributed by atoms with Crippen molar-refractivity contribution in [3.05, 3.63) is 78.0 Å². The number of hydrogen-bond donors (Lipinski definition) is 2. The molecule has 4 heterocycles. The Morgan fingerprint density at radius 3 is 2.37 bits per heavy atom. The van der Waals surface area contributed by atoms with Crippen LogP contribution in [0.5, 0.6) is 11.5 Å². The molecule has 0 bridgehead atoms. The van der Waals surface area contributed by atoms with E-state index in [0.29, 0.717) is 29.6 Å². The summed E-state index contributed by atoms with van der Waals surface area (Å²) in [6, 6.07) is 11.5. The molecule has 1 atom stereocenters. The third kappa shape index (κ3) is 6.69. The predicted octanol–water partition coefficient (Wildman–Crippen LogP) is 3.68. The van der Waals surface area contributed by atoms with Crippen LogP contribution in [0.4, 0.5) is 11.4 Å². The summed E-state index contributed by atoms with van der Waals surface area (Å²) in [7, 11) is 5.15. The predicted molar refractivity (Wildman–Crippen MR) is 193 cm³/mol. The summed E-state index contributed by atoms with van der Waals surface area (Å²) in [5.74, 6) is 2.15. The van der Waals surface area contributed by atoms with Gasteiger partial charge in [0.2, 0.25) is 11.8 Å². The van der Waals surface area contributed by atoms with E-state index in [4.69, 9.17) is 15.2 Å². The number of likely N-dealkylation sites (N-methyl/N-ethyl adjacent to an activating group) is 1. The topological polar surface area (TPSA) is 119 Å². The molecular formula is C37H48N8O4. The van der Waals surface area contributed by atoms with E-state index in [1.807, 2.05) is 71.3 Å². The number of hydrogen-bond acceptors (Lipinski definition) is 10. The zero-order valence-corrected chi connectivity index (χ0v) is 29.2. The number of anilines is 2. The molecule has 4 aliphatic heterocycles. The molecule has 2 aromatic carbocycles. The van der Waals surface area contributed by atoms with E-state index in [1.165, 1.54) is 0 Å². The van der Waals surface area contributed by atoms with Crippen LogP contribution in [0.2, 0.25) is 0 Å². The smallest absolute Gasteiger partial charge is 0.247 e. The number of likely N-dealkylation sites (tertiary alicyclic amines) is 1. The van der Waals surface area contributed by atoms with Gasteiger partial charge in [0.25, 0.3) is 0 Å². The summed E-state index contributed by atoms with van der Waals surface area (Å²) >= 11 is 0. The fourth-order valence-corrected chi connectivity index (χ4v) is 7.47. The van der Waals surface area contributed by atoms with E-state index in [0.717, 1.165) is 91.9 Å². The lowest BCUT2D eigenvalue weighted by Crippen LogP contribution is -2.54. The number of carbonyl (C=O) groups is 2. The summed E-state index contributed by atoms with van der Waals surface area (Å²) < 4.78 is 11.3. The number of allylic oxidation sites excluding steroid dienone is 1. The minimum Gasteiger partial charge on any atom is -0.496 e. The first-order chi connectivity index (χ1) is 23.6. The maximum absolute atomic E-state index is 13.5. The van der Waals surface area contributed by atoms with Crippen LogP contribution in [0.25, 0.3) is 5.70 Å². The summed E-state index contributed by atoms with van der Waals surface area (Å²) in [4.78, 5) is 40.7. The molecular weight excluding hydrogens is 620 g/mol. The number of nitrogens with zero attached hydrogens (tertiary/aromatic N) is 6. The number of aliphatic imine (C=N–C) groups is 1. The molecule has 6 rings (SSSR count). The lowest BCUT2D eigenvalue weighted by Gasteiger charge is -2.45. The quantitative estimate of drug-likeness (QED) is 0.435. The molecule has 2 aromatic rings. The van der Waals surface area contributed by atoms with Crippen molar-refractivity contribution in [3.63, 3.8) is 0 Å². The van der Waals surface area contributed by atoms with Crippen molar-refractivity contribution in [3.8, 4) is 11.5 Å². The van der Waals surface area contributed by atoms with Crippen LogP contribution in [0.15, 0.2) is 71.9 Å². The Morgan fingerprint density at radius 2 is 1.69 bits per heavy atom. The Morgan fingerprint density at radius 1 is 0.980 bits per heavy atom. The maximum atomic E-state index is 13.5. The molecule has 4 aliphatic rings. The number of nitrogens with one attached hydrogen (secondary N) is 1. The van der Waals surface area contributed by atoms with Crippen molar-refractivity contribution in [2.75, 3.05) is 70.8 Å². The Balaban J connectivity index is 1.15. The highest BCUT2D eigenvalue weighted by atomic mass is 16.5. The van der Waals surface area contributed by atoms with Crippen molar-refractivity contribution < 1.29 is 19.1 Å². The Kier molecular flexibility index (Phi) is 9.86. The lowest BCUT2D eigenvalue weighted by atomic mass is 10.0. The Hall–Kier alpha value is -4.97. The maximum Gasteiger partial charge on any atom is 0.247 e. The van der Waals surface area contributed by atoms with Crippen LogP contribution in [0.1, 0.15) is 37.8 Å². The molecule has 0 radical (unpaired) electrons. The molecule has 3 N–H and O–H groups in total. The minimum atomic E-state index is -0.392. The van der Waals surface area contributed by atoms with Gasteiger partial charge in [-0.05, 0) is 44.0 Å². The first kappa shape index (κ1) is 33.9. The standard InChI is InChI=1S/C37H48N8O4/c1-24-36(45(17-14-39-24)25(2)42-18-20-44(21-19-42)28-12-15-43(16-13-28)26(3)46)35(38)27-10-11-30(34(22-27)49-6)40-37(47)32-23-29-31(41(32)4)8-7-9-33(29)48-5/h7-11,14,17,22,28,32H,2,12-13,15-16,18-21,23,38H2,1,3-6H3,(H,40,47)/b36-35-. The molecule has 260 valence electrons. The van der Waals surface area contributed by atoms with Gasteiger partial charge < -0.3 is 35.2 Å². The molecule has 2 saturated heterocycles. The van der Waals surface area contributed by atoms with Crippen LogP contribution in [0.3, 0.4) is 0 Å². The third-order valence-corrected chi connectivity index (χ3v) is 10.4. The number of carbonyl (C=O) groups excluding carboxylic acids is 2. The first-order valence-electron chi connectivity index (χ1n) is 16.9. The largest absolute Gasteiger partial charge is 0.496 e. The monoisotopic (exact) mass is 668 g/mol. The highest BCUT2D eigenvalue weighted by Crippen LogP contribution is 2.38. The van der Waals surface area contributed by atoms with Gasteiger partial charge >= 0.3 is 0 Å². The minimum absolute atomic E-state index is 0.136. The Labute approximate surface area is 289 Å². The number of fused-ring (bicyclic) bond motifs is 1. The summed E-state index contributed by atoms with van der Waals surface area (Å²) in [6.45, 7) is 13.3. The molecule has 1 unspecified atom stereocenters. The van der Waals surface area contributed by atoms with E-state index in [9.17, 15) is 9.59 Å². The molecule has 0 aromatic heterocycles. The van der Waals surface area contributed by atoms with Gasteiger partial charge in [0.1, 0.15) is 23.4 Å². The van der Waals surface area contributed by atoms with Gasteiger partial charge in [-0.15, -0.1) is 0 Å². The molecule has 12 nitrogen and oxygen atoms in total. The van der Waals surface area contributed by atoms with Gasteiger partial charge in [-0.3, -0.25) is 24.4 Å². The molecule has 0 saturated carbocycles. The molecule has 12 heteroatoms. The van der Waals surface area contributed by atoms with Gasteiger partial charge in [-0.25, -0.2) is 0 Å². The number of methoxy groups -OCH3 is 2. The summed E-state index contributed by atoms with van der Waals surface area (Å²) in [6.07, 6.45) is 6.24.